The van der Waals surface area contributed by atoms with Gasteiger partial charge in [-0.25, -0.2) is 4.39 Å². The number of amides is 1. The van der Waals surface area contributed by atoms with Gasteiger partial charge in [-0.1, -0.05) is 6.07 Å². The maximum absolute atomic E-state index is 14.4. The van der Waals surface area contributed by atoms with E-state index in [9.17, 15) is 14.0 Å². The summed E-state index contributed by atoms with van der Waals surface area (Å²) >= 11 is 0. The first-order valence-electron chi connectivity index (χ1n) is 14.2. The van der Waals surface area contributed by atoms with E-state index in [1.54, 1.807) is 25.4 Å². The Morgan fingerprint density at radius 2 is 2.02 bits per heavy atom. The molecule has 6 rings (SSSR count). The van der Waals surface area contributed by atoms with Crippen molar-refractivity contribution in [1.82, 2.24) is 19.9 Å². The van der Waals surface area contributed by atoms with Crippen molar-refractivity contribution in [2.24, 2.45) is 5.73 Å². The van der Waals surface area contributed by atoms with Crippen LogP contribution in [-0.2, 0) is 11.2 Å². The molecule has 0 bridgehead atoms. The first-order valence-corrected chi connectivity index (χ1v) is 14.2. The van der Waals surface area contributed by atoms with Crippen LogP contribution in [-0.4, -0.2) is 58.3 Å². The highest BCUT2D eigenvalue weighted by molar-refractivity contribution is 6.01. The number of methoxy groups -OCH3 is 1. The number of nitrogens with zero attached hydrogens (tertiary/aromatic N) is 3. The molecular weight excluding hydrogens is 537 g/mol. The summed E-state index contributed by atoms with van der Waals surface area (Å²) in [5.74, 6) is 0.306. The molecular formula is C31H34FN7O3. The van der Waals surface area contributed by atoms with Gasteiger partial charge < -0.3 is 26.1 Å². The van der Waals surface area contributed by atoms with Crippen LogP contribution >= 0.6 is 0 Å². The highest BCUT2D eigenvalue weighted by Gasteiger charge is 2.30. The Morgan fingerprint density at radius 3 is 2.79 bits per heavy atom. The molecule has 3 heterocycles. The number of carbonyl (C=O) groups is 2. The minimum Gasteiger partial charge on any atom is -0.495 e. The number of carbonyl (C=O) groups excluding carboxylic acids is 2. The van der Waals surface area contributed by atoms with Gasteiger partial charge in [0.15, 0.2) is 0 Å². The first-order chi connectivity index (χ1) is 20.3. The summed E-state index contributed by atoms with van der Waals surface area (Å²) in [6.45, 7) is 0.986. The number of hydrogen-bond acceptors (Lipinski definition) is 8. The molecule has 0 radical (unpaired) electrons. The van der Waals surface area contributed by atoms with Crippen molar-refractivity contribution in [3.63, 3.8) is 0 Å². The summed E-state index contributed by atoms with van der Waals surface area (Å²) in [5.41, 5.74) is 9.07. The van der Waals surface area contributed by atoms with E-state index < -0.39 is 11.7 Å². The molecule has 2 atom stereocenters. The Hall–Kier alpha value is -4.51. The summed E-state index contributed by atoms with van der Waals surface area (Å²) in [5, 5.41) is 7.01. The molecule has 1 amide bonds. The molecule has 5 N–H and O–H groups in total. The third-order valence-electron chi connectivity index (χ3n) is 8.47. The van der Waals surface area contributed by atoms with E-state index in [1.807, 2.05) is 13.1 Å². The molecule has 2 aromatic heterocycles. The van der Waals surface area contributed by atoms with E-state index in [0.29, 0.717) is 40.5 Å². The van der Waals surface area contributed by atoms with Crippen molar-refractivity contribution in [2.75, 3.05) is 31.3 Å². The van der Waals surface area contributed by atoms with E-state index >= 15 is 0 Å². The molecule has 1 saturated heterocycles. The minimum absolute atomic E-state index is 0.0493. The quantitative estimate of drug-likeness (QED) is 0.205. The molecule has 11 heteroatoms. The fourth-order valence-corrected chi connectivity index (χ4v) is 6.31. The Balaban J connectivity index is 1.27. The number of aryl methyl sites for hydroxylation is 1. The second kappa shape index (κ2) is 11.4. The lowest BCUT2D eigenvalue weighted by molar-refractivity contribution is -0.123. The number of aromatic nitrogens is 3. The summed E-state index contributed by atoms with van der Waals surface area (Å²) < 4.78 is 20.1. The summed E-state index contributed by atoms with van der Waals surface area (Å²) in [7, 11) is 3.65. The molecule has 0 spiro atoms. The van der Waals surface area contributed by atoms with E-state index in [2.05, 4.69) is 36.6 Å². The molecule has 218 valence electrons. The molecule has 42 heavy (non-hydrogen) atoms. The fourth-order valence-electron chi connectivity index (χ4n) is 6.31. The average molecular weight is 572 g/mol. The van der Waals surface area contributed by atoms with Gasteiger partial charge in [-0.15, -0.1) is 0 Å². The Bertz CT molecular complexity index is 1670. The number of anilines is 4. The molecule has 1 aliphatic heterocycles. The van der Waals surface area contributed by atoms with Crippen molar-refractivity contribution in [3.05, 3.63) is 65.1 Å². The van der Waals surface area contributed by atoms with Gasteiger partial charge in [-0.3, -0.25) is 14.5 Å². The number of Topliss-reactive ketones (excluding diaryl/α,β-unsaturated/α-hetero) is 1. The number of nitrogens with two attached hydrogens (primary N) is 1. The summed E-state index contributed by atoms with van der Waals surface area (Å²) in [4.78, 5) is 39.4. The molecule has 0 saturated carbocycles. The number of fused-ring (bicyclic) bond motifs is 2. The van der Waals surface area contributed by atoms with Crippen LogP contribution in [0.4, 0.5) is 27.5 Å². The lowest BCUT2D eigenvalue weighted by Crippen LogP contribution is -2.32. The van der Waals surface area contributed by atoms with Crippen molar-refractivity contribution in [3.8, 4) is 5.75 Å². The van der Waals surface area contributed by atoms with Crippen LogP contribution in [0.3, 0.4) is 0 Å². The van der Waals surface area contributed by atoms with Crippen LogP contribution in [0.5, 0.6) is 5.75 Å². The predicted octanol–water partition coefficient (Wildman–Crippen LogP) is 5.17. The molecule has 1 fully saturated rings. The standard InChI is InChI=1S/C31H34FN7O3/c1-39-14-4-7-24(39)25(40)11-10-17-8-9-18-15-26(42-2)23(16-20(17)18)36-31-37-29-19(12-13-34-29)30(38-31)35-22-6-3-5-21(32)27(22)28(33)41/h3,5-6,12-13,15-17,24H,4,7-11,14H2,1-2H3,(H2,33,41)(H3,34,35,36,37,38)/t17?,24-/m0/s1. The fraction of sp³-hybridized carbons (Fsp3) is 0.355. The van der Waals surface area contributed by atoms with Gasteiger partial charge >= 0.3 is 0 Å². The number of ether oxygens (including phenoxy) is 1. The maximum Gasteiger partial charge on any atom is 0.253 e. The topological polar surface area (TPSA) is 138 Å². The van der Waals surface area contributed by atoms with Gasteiger partial charge in [0.2, 0.25) is 5.95 Å². The third kappa shape index (κ3) is 5.27. The highest BCUT2D eigenvalue weighted by Crippen LogP contribution is 2.42. The van der Waals surface area contributed by atoms with Crippen molar-refractivity contribution in [1.29, 1.82) is 0 Å². The van der Waals surface area contributed by atoms with Crippen molar-refractivity contribution in [2.45, 2.75) is 50.5 Å². The Morgan fingerprint density at radius 1 is 1.17 bits per heavy atom. The van der Waals surface area contributed by atoms with Crippen LogP contribution < -0.4 is 21.1 Å². The van der Waals surface area contributed by atoms with Crippen LogP contribution in [0.25, 0.3) is 11.0 Å². The molecule has 2 aromatic carbocycles. The molecule has 1 aliphatic carbocycles. The van der Waals surface area contributed by atoms with Gasteiger partial charge in [-0.05, 0) is 93.1 Å². The lowest BCUT2D eigenvalue weighted by Gasteiger charge is -2.20. The molecule has 4 aromatic rings. The van der Waals surface area contributed by atoms with Gasteiger partial charge in [0.05, 0.1) is 35.5 Å². The smallest absolute Gasteiger partial charge is 0.253 e. The van der Waals surface area contributed by atoms with Crippen LogP contribution in [0.15, 0.2) is 42.6 Å². The maximum atomic E-state index is 14.4. The second-order valence-corrected chi connectivity index (χ2v) is 11.0. The molecule has 1 unspecified atom stereocenters. The van der Waals surface area contributed by atoms with Crippen molar-refractivity contribution >= 4 is 45.9 Å². The van der Waals surface area contributed by atoms with Crippen molar-refractivity contribution < 1.29 is 18.7 Å². The van der Waals surface area contributed by atoms with Gasteiger partial charge in [0.25, 0.3) is 5.91 Å². The average Bonchev–Trinajstić information content (AvgIpc) is 3.71. The Kier molecular flexibility index (Phi) is 7.51. The van der Waals surface area contributed by atoms with Crippen LogP contribution in [0.1, 0.15) is 59.5 Å². The highest BCUT2D eigenvalue weighted by atomic mass is 19.1. The SMILES string of the molecule is COc1cc2c(cc1Nc1nc(Nc3cccc(F)c3C(N)=O)c3cc[nH]c3n1)C(CCC(=O)[C@@H]1CCCN1C)CC2. The number of primary amides is 1. The zero-order valence-corrected chi connectivity index (χ0v) is 23.7. The number of likely N-dealkylation sites (tertiary alicyclic amines) is 1. The number of halogens is 1. The molecule has 10 nitrogen and oxygen atoms in total. The lowest BCUT2D eigenvalue weighted by atomic mass is 9.93. The minimum atomic E-state index is -0.886. The Labute approximate surface area is 242 Å². The monoisotopic (exact) mass is 571 g/mol. The number of H-pyrrole nitrogens is 1. The number of likely N-dealkylation sites (N-methyl/N-ethyl adjacent to an activating group) is 1. The van der Waals surface area contributed by atoms with E-state index in [0.717, 1.165) is 38.6 Å². The second-order valence-electron chi connectivity index (χ2n) is 11.0. The van der Waals surface area contributed by atoms with E-state index in [-0.39, 0.29) is 29.2 Å². The van der Waals surface area contributed by atoms with Gasteiger partial charge in [-0.2, -0.15) is 9.97 Å². The van der Waals surface area contributed by atoms with Gasteiger partial charge in [0.1, 0.15) is 28.8 Å². The number of rotatable bonds is 10. The zero-order chi connectivity index (χ0) is 29.4. The summed E-state index contributed by atoms with van der Waals surface area (Å²) in [6.07, 6.45) is 7.07. The largest absolute Gasteiger partial charge is 0.495 e. The number of ketones is 1. The number of hydrogen-bond donors (Lipinski definition) is 4. The predicted molar refractivity (Wildman–Crippen MR) is 159 cm³/mol. The van der Waals surface area contributed by atoms with Gasteiger partial charge in [0, 0.05) is 12.6 Å². The summed E-state index contributed by atoms with van der Waals surface area (Å²) in [6, 6.07) is 10.2. The first kappa shape index (κ1) is 27.6. The van der Waals surface area contributed by atoms with E-state index in [4.69, 9.17) is 10.5 Å². The zero-order valence-electron chi connectivity index (χ0n) is 23.7. The van der Waals surface area contributed by atoms with Crippen LogP contribution in [0, 0.1) is 5.82 Å². The number of nitrogens with one attached hydrogen (secondary N) is 3. The normalized spacial score (nSPS) is 18.3. The number of benzene rings is 2. The number of aromatic amines is 1. The van der Waals surface area contributed by atoms with Crippen LogP contribution in [0.2, 0.25) is 0 Å². The third-order valence-corrected chi connectivity index (χ3v) is 8.47. The molecule has 2 aliphatic rings. The van der Waals surface area contributed by atoms with E-state index in [1.165, 1.54) is 23.3 Å².